The molecule has 0 bridgehead atoms. The first-order valence-corrected chi connectivity index (χ1v) is 5.53. The molecule has 0 aromatic carbocycles. The molecular formula is C9H21NS. The predicted molar refractivity (Wildman–Crippen MR) is 55.0 cm³/mol. The summed E-state index contributed by atoms with van der Waals surface area (Å²) in [6, 6.07) is 0. The molecule has 0 amide bonds. The molecule has 0 radical (unpaired) electrons. The monoisotopic (exact) mass is 175 g/mol. The van der Waals surface area contributed by atoms with E-state index in [1.807, 2.05) is 11.8 Å². The minimum atomic E-state index is 0.749. The van der Waals surface area contributed by atoms with Crippen LogP contribution in [0.4, 0.5) is 0 Å². The summed E-state index contributed by atoms with van der Waals surface area (Å²) in [5.74, 6) is 2.13. The molecule has 0 heterocycles. The fourth-order valence-corrected chi connectivity index (χ4v) is 2.14. The maximum Gasteiger partial charge on any atom is 0.00307 e. The summed E-state index contributed by atoms with van der Waals surface area (Å²) in [7, 11) is 0. The Balaban J connectivity index is 3.10. The van der Waals surface area contributed by atoms with E-state index in [1.54, 1.807) is 0 Å². The quantitative estimate of drug-likeness (QED) is 0.671. The molecule has 2 N–H and O–H groups in total. The van der Waals surface area contributed by atoms with Crippen LogP contribution in [0.1, 0.15) is 33.6 Å². The Morgan fingerprint density at radius 2 is 1.82 bits per heavy atom. The standard InChI is InChI=1S/C9H21NS/c1-8(2)5-7-11-9(3)4-6-10/h8-9H,4-7,10H2,1-3H3. The Labute approximate surface area is 75.1 Å². The van der Waals surface area contributed by atoms with Gasteiger partial charge in [-0.05, 0) is 31.1 Å². The number of thioether (sulfide) groups is 1. The maximum absolute atomic E-state index is 5.45. The van der Waals surface area contributed by atoms with Gasteiger partial charge in [0.25, 0.3) is 0 Å². The van der Waals surface area contributed by atoms with Crippen molar-refractivity contribution in [3.63, 3.8) is 0 Å². The van der Waals surface area contributed by atoms with Gasteiger partial charge in [-0.15, -0.1) is 0 Å². The maximum atomic E-state index is 5.45. The van der Waals surface area contributed by atoms with Crippen molar-refractivity contribution >= 4 is 11.8 Å². The van der Waals surface area contributed by atoms with E-state index in [-0.39, 0.29) is 0 Å². The SMILES string of the molecule is CC(C)CCSC(C)CCN. The molecular weight excluding hydrogens is 154 g/mol. The highest BCUT2D eigenvalue weighted by molar-refractivity contribution is 7.99. The lowest BCUT2D eigenvalue weighted by atomic mass is 10.2. The highest BCUT2D eigenvalue weighted by Crippen LogP contribution is 2.16. The first-order valence-electron chi connectivity index (χ1n) is 4.48. The molecule has 2 heteroatoms. The van der Waals surface area contributed by atoms with Crippen LogP contribution in [0.25, 0.3) is 0 Å². The number of hydrogen-bond donors (Lipinski definition) is 1. The second-order valence-corrected chi connectivity index (χ2v) is 4.99. The molecule has 0 saturated heterocycles. The topological polar surface area (TPSA) is 26.0 Å². The smallest absolute Gasteiger partial charge is 0.00307 e. The second-order valence-electron chi connectivity index (χ2n) is 3.44. The number of hydrogen-bond acceptors (Lipinski definition) is 2. The summed E-state index contributed by atoms with van der Waals surface area (Å²) in [5.41, 5.74) is 5.45. The zero-order chi connectivity index (χ0) is 8.69. The Kier molecular flexibility index (Phi) is 7.18. The van der Waals surface area contributed by atoms with Crippen LogP contribution in [0.3, 0.4) is 0 Å². The van der Waals surface area contributed by atoms with E-state index in [0.29, 0.717) is 0 Å². The van der Waals surface area contributed by atoms with E-state index in [2.05, 4.69) is 20.8 Å². The van der Waals surface area contributed by atoms with Crippen LogP contribution in [-0.4, -0.2) is 17.5 Å². The average Bonchev–Trinajstić information content (AvgIpc) is 1.87. The number of rotatable bonds is 6. The molecule has 0 saturated carbocycles. The highest BCUT2D eigenvalue weighted by Gasteiger charge is 2.01. The van der Waals surface area contributed by atoms with Gasteiger partial charge in [-0.1, -0.05) is 20.8 Å². The fraction of sp³-hybridized carbons (Fsp3) is 1.00. The average molecular weight is 175 g/mol. The summed E-state index contributed by atoms with van der Waals surface area (Å²) < 4.78 is 0. The van der Waals surface area contributed by atoms with Crippen molar-refractivity contribution in [2.45, 2.75) is 38.9 Å². The Morgan fingerprint density at radius 3 is 2.27 bits per heavy atom. The van der Waals surface area contributed by atoms with Gasteiger partial charge >= 0.3 is 0 Å². The Bertz CT molecular complexity index is 83.6. The van der Waals surface area contributed by atoms with Crippen LogP contribution in [0.2, 0.25) is 0 Å². The summed E-state index contributed by atoms with van der Waals surface area (Å²) >= 11 is 2.05. The molecule has 0 aliphatic heterocycles. The molecule has 0 aliphatic rings. The van der Waals surface area contributed by atoms with Crippen molar-refractivity contribution < 1.29 is 0 Å². The third kappa shape index (κ3) is 8.21. The normalized spacial score (nSPS) is 13.9. The van der Waals surface area contributed by atoms with Crippen LogP contribution in [0, 0.1) is 5.92 Å². The van der Waals surface area contributed by atoms with Gasteiger partial charge in [0.15, 0.2) is 0 Å². The van der Waals surface area contributed by atoms with E-state index in [4.69, 9.17) is 5.73 Å². The van der Waals surface area contributed by atoms with Crippen molar-refractivity contribution in [3.05, 3.63) is 0 Å². The lowest BCUT2D eigenvalue weighted by Gasteiger charge is -2.10. The third-order valence-electron chi connectivity index (χ3n) is 1.67. The molecule has 0 fully saturated rings. The molecule has 11 heavy (non-hydrogen) atoms. The summed E-state index contributed by atoms with van der Waals surface area (Å²) in [4.78, 5) is 0. The van der Waals surface area contributed by atoms with E-state index in [9.17, 15) is 0 Å². The predicted octanol–water partition coefficient (Wildman–Crippen LogP) is 2.50. The highest BCUT2D eigenvalue weighted by atomic mass is 32.2. The Morgan fingerprint density at radius 1 is 1.18 bits per heavy atom. The van der Waals surface area contributed by atoms with Crippen molar-refractivity contribution in [3.8, 4) is 0 Å². The largest absolute Gasteiger partial charge is 0.330 e. The first kappa shape index (κ1) is 11.3. The summed E-state index contributed by atoms with van der Waals surface area (Å²) in [5, 5.41) is 0.749. The molecule has 1 unspecified atom stereocenters. The zero-order valence-corrected chi connectivity index (χ0v) is 8.79. The fourth-order valence-electron chi connectivity index (χ4n) is 0.823. The van der Waals surface area contributed by atoms with Gasteiger partial charge in [0, 0.05) is 5.25 Å². The molecule has 0 spiro atoms. The van der Waals surface area contributed by atoms with Crippen molar-refractivity contribution in [2.75, 3.05) is 12.3 Å². The van der Waals surface area contributed by atoms with E-state index < -0.39 is 0 Å². The van der Waals surface area contributed by atoms with Gasteiger partial charge in [0.05, 0.1) is 0 Å². The van der Waals surface area contributed by atoms with E-state index in [0.717, 1.165) is 24.1 Å². The lowest BCUT2D eigenvalue weighted by Crippen LogP contribution is -2.07. The molecule has 0 aromatic rings. The number of nitrogens with two attached hydrogens (primary N) is 1. The molecule has 1 atom stereocenters. The van der Waals surface area contributed by atoms with Crippen LogP contribution in [0.15, 0.2) is 0 Å². The minimum Gasteiger partial charge on any atom is -0.330 e. The zero-order valence-electron chi connectivity index (χ0n) is 7.97. The van der Waals surface area contributed by atoms with Crippen molar-refractivity contribution in [1.82, 2.24) is 0 Å². The van der Waals surface area contributed by atoms with Gasteiger partial charge in [-0.2, -0.15) is 11.8 Å². The summed E-state index contributed by atoms with van der Waals surface area (Å²) in [6.07, 6.45) is 2.49. The van der Waals surface area contributed by atoms with Crippen molar-refractivity contribution in [1.29, 1.82) is 0 Å². The summed E-state index contributed by atoms with van der Waals surface area (Å²) in [6.45, 7) is 7.63. The van der Waals surface area contributed by atoms with Gasteiger partial charge in [0.1, 0.15) is 0 Å². The Hall–Kier alpha value is 0.310. The van der Waals surface area contributed by atoms with Crippen LogP contribution < -0.4 is 5.73 Å². The lowest BCUT2D eigenvalue weighted by molar-refractivity contribution is 0.631. The molecule has 0 aromatic heterocycles. The third-order valence-corrected chi connectivity index (χ3v) is 2.95. The minimum absolute atomic E-state index is 0.749. The molecule has 0 aliphatic carbocycles. The second kappa shape index (κ2) is 6.99. The van der Waals surface area contributed by atoms with Gasteiger partial charge in [-0.25, -0.2) is 0 Å². The van der Waals surface area contributed by atoms with E-state index in [1.165, 1.54) is 12.2 Å². The molecule has 1 nitrogen and oxygen atoms in total. The van der Waals surface area contributed by atoms with Gasteiger partial charge in [-0.3, -0.25) is 0 Å². The molecule has 0 rings (SSSR count). The van der Waals surface area contributed by atoms with Gasteiger partial charge in [0.2, 0.25) is 0 Å². The van der Waals surface area contributed by atoms with Crippen molar-refractivity contribution in [2.24, 2.45) is 11.7 Å². The van der Waals surface area contributed by atoms with Crippen LogP contribution in [-0.2, 0) is 0 Å². The van der Waals surface area contributed by atoms with Crippen LogP contribution >= 0.6 is 11.8 Å². The molecule has 68 valence electrons. The first-order chi connectivity index (χ1) is 5.16. The van der Waals surface area contributed by atoms with E-state index >= 15 is 0 Å². The van der Waals surface area contributed by atoms with Gasteiger partial charge < -0.3 is 5.73 Å². The van der Waals surface area contributed by atoms with Crippen LogP contribution in [0.5, 0.6) is 0 Å².